The Bertz CT molecular complexity index is 1570. The standard InChI is InChI=1S/C34H40FNO5S/c1-7-39-31(37)20-24-10-8-9-11-30(24)40-21-23-17-25-19-26(16-22(2)3)41-33(25)28(18-23)27-12-14-36-29(32(27)35)13-15-42(38)34(4,5)6/h8-12,14,17-19,22H,7,13,15-16,20-21H2,1-6H3/t42-/m0/s1. The molecule has 0 aliphatic heterocycles. The number of benzene rings is 2. The van der Waals surface area contributed by atoms with Crippen LogP contribution in [0.2, 0.25) is 0 Å². The number of esters is 1. The Balaban J connectivity index is 1.70. The lowest BCUT2D eigenvalue weighted by atomic mass is 9.99. The number of furan rings is 1. The second-order valence-electron chi connectivity index (χ2n) is 11.8. The molecule has 0 aliphatic rings. The number of carbonyl (C=O) groups excluding carboxylic acids is 1. The Labute approximate surface area is 250 Å². The van der Waals surface area contributed by atoms with Gasteiger partial charge in [-0.2, -0.15) is 0 Å². The number of carbonyl (C=O) groups is 1. The van der Waals surface area contributed by atoms with Crippen molar-refractivity contribution in [2.45, 2.75) is 72.2 Å². The van der Waals surface area contributed by atoms with Crippen LogP contribution in [-0.4, -0.2) is 32.3 Å². The molecule has 0 radical (unpaired) electrons. The molecule has 0 saturated carbocycles. The van der Waals surface area contributed by atoms with E-state index in [2.05, 4.69) is 18.8 Å². The molecule has 0 bridgehead atoms. The predicted molar refractivity (Wildman–Crippen MR) is 166 cm³/mol. The lowest BCUT2D eigenvalue weighted by Gasteiger charge is -2.17. The smallest absolute Gasteiger partial charge is 0.310 e. The third kappa shape index (κ3) is 7.85. The average molecular weight is 594 g/mol. The molecular formula is C34H40FNO5S. The quantitative estimate of drug-likeness (QED) is 0.157. The van der Waals surface area contributed by atoms with Gasteiger partial charge in [-0.15, -0.1) is 0 Å². The molecule has 6 nitrogen and oxygen atoms in total. The molecule has 0 amide bonds. The van der Waals surface area contributed by atoms with Crippen molar-refractivity contribution in [3.8, 4) is 16.9 Å². The van der Waals surface area contributed by atoms with E-state index in [9.17, 15) is 9.00 Å². The summed E-state index contributed by atoms with van der Waals surface area (Å²) in [5, 5.41) is 0.855. The van der Waals surface area contributed by atoms with Crippen LogP contribution in [0.1, 0.15) is 64.1 Å². The van der Waals surface area contributed by atoms with E-state index in [1.54, 1.807) is 19.2 Å². The summed E-state index contributed by atoms with van der Waals surface area (Å²) in [6.45, 7) is 12.3. The van der Waals surface area contributed by atoms with Gasteiger partial charge in [0.1, 0.15) is 23.7 Å². The third-order valence-corrected chi connectivity index (χ3v) is 8.74. The molecule has 4 rings (SSSR count). The Hall–Kier alpha value is -3.52. The van der Waals surface area contributed by atoms with Gasteiger partial charge in [-0.25, -0.2) is 4.39 Å². The maximum atomic E-state index is 16.0. The van der Waals surface area contributed by atoms with Gasteiger partial charge in [0, 0.05) is 62.4 Å². The Morgan fingerprint density at radius 2 is 1.86 bits per heavy atom. The van der Waals surface area contributed by atoms with Crippen molar-refractivity contribution in [3.63, 3.8) is 0 Å². The molecular weight excluding hydrogens is 553 g/mol. The van der Waals surface area contributed by atoms with Crippen molar-refractivity contribution in [1.82, 2.24) is 4.98 Å². The highest BCUT2D eigenvalue weighted by molar-refractivity contribution is 7.86. The molecule has 2 heterocycles. The monoisotopic (exact) mass is 593 g/mol. The fraction of sp³-hybridized carbons (Fsp3) is 0.412. The molecule has 42 heavy (non-hydrogen) atoms. The van der Waals surface area contributed by atoms with Gasteiger partial charge in [-0.05, 0) is 69.5 Å². The van der Waals surface area contributed by atoms with Gasteiger partial charge < -0.3 is 13.9 Å². The first-order chi connectivity index (χ1) is 20.0. The number of pyridine rings is 1. The van der Waals surface area contributed by atoms with E-state index in [1.807, 2.05) is 63.2 Å². The van der Waals surface area contributed by atoms with E-state index in [1.165, 1.54) is 0 Å². The lowest BCUT2D eigenvalue weighted by molar-refractivity contribution is -0.142. The van der Waals surface area contributed by atoms with Crippen LogP contribution in [0.15, 0.2) is 59.1 Å². The predicted octanol–water partition coefficient (Wildman–Crippen LogP) is 7.61. The SMILES string of the molecule is CCOC(=O)Cc1ccccc1OCc1cc(-c2ccnc(CC[S@](=O)C(C)(C)C)c2F)c2oc(CC(C)C)cc2c1. The maximum absolute atomic E-state index is 16.0. The van der Waals surface area contributed by atoms with Crippen molar-refractivity contribution in [1.29, 1.82) is 0 Å². The van der Waals surface area contributed by atoms with Crippen LogP contribution in [0.25, 0.3) is 22.1 Å². The van der Waals surface area contributed by atoms with Gasteiger partial charge in [-0.1, -0.05) is 32.0 Å². The number of fused-ring (bicyclic) bond motifs is 1. The summed E-state index contributed by atoms with van der Waals surface area (Å²) in [4.78, 5) is 16.4. The number of halogens is 1. The first-order valence-corrected chi connectivity index (χ1v) is 15.7. The van der Waals surface area contributed by atoms with Gasteiger partial charge in [0.25, 0.3) is 0 Å². The molecule has 0 saturated heterocycles. The molecule has 8 heteroatoms. The highest BCUT2D eigenvalue weighted by Crippen LogP contribution is 2.36. The normalized spacial score (nSPS) is 12.6. The molecule has 2 aromatic carbocycles. The van der Waals surface area contributed by atoms with Gasteiger partial charge in [-0.3, -0.25) is 14.0 Å². The topological polar surface area (TPSA) is 78.6 Å². The minimum Gasteiger partial charge on any atom is -0.489 e. The second-order valence-corrected chi connectivity index (χ2v) is 14.1. The number of para-hydroxylation sites is 1. The highest BCUT2D eigenvalue weighted by Gasteiger charge is 2.22. The first-order valence-electron chi connectivity index (χ1n) is 14.4. The highest BCUT2D eigenvalue weighted by atomic mass is 32.2. The summed E-state index contributed by atoms with van der Waals surface area (Å²) in [6, 6.07) is 14.9. The van der Waals surface area contributed by atoms with Crippen molar-refractivity contribution >= 4 is 27.7 Å². The Kier molecular flexibility index (Phi) is 10.2. The first kappa shape index (κ1) is 31.4. The van der Waals surface area contributed by atoms with Gasteiger partial charge in [0.15, 0.2) is 5.82 Å². The van der Waals surface area contributed by atoms with Crippen LogP contribution in [-0.2, 0) is 46.2 Å². The largest absolute Gasteiger partial charge is 0.489 e. The van der Waals surface area contributed by atoms with Crippen LogP contribution < -0.4 is 4.74 Å². The Morgan fingerprint density at radius 1 is 1.10 bits per heavy atom. The summed E-state index contributed by atoms with van der Waals surface area (Å²) in [5.74, 6) is 1.37. The van der Waals surface area contributed by atoms with Gasteiger partial charge in [0.2, 0.25) is 0 Å². The number of aromatic nitrogens is 1. The number of nitrogens with zero attached hydrogens (tertiary/aromatic N) is 1. The number of aryl methyl sites for hydroxylation is 1. The van der Waals surface area contributed by atoms with E-state index < -0.39 is 16.6 Å². The van der Waals surface area contributed by atoms with E-state index in [4.69, 9.17) is 13.9 Å². The van der Waals surface area contributed by atoms with E-state index in [0.29, 0.717) is 40.7 Å². The van der Waals surface area contributed by atoms with Crippen molar-refractivity contribution in [3.05, 3.63) is 83.1 Å². The number of rotatable bonds is 12. The zero-order valence-corrected chi connectivity index (χ0v) is 26.1. The zero-order valence-electron chi connectivity index (χ0n) is 25.3. The van der Waals surface area contributed by atoms with E-state index in [0.717, 1.165) is 28.7 Å². The Morgan fingerprint density at radius 3 is 2.57 bits per heavy atom. The molecule has 0 fully saturated rings. The van der Waals surface area contributed by atoms with Crippen molar-refractivity contribution in [2.24, 2.45) is 5.92 Å². The van der Waals surface area contributed by atoms with E-state index >= 15 is 4.39 Å². The molecule has 0 spiro atoms. The summed E-state index contributed by atoms with van der Waals surface area (Å²) in [5.41, 5.74) is 3.43. The van der Waals surface area contributed by atoms with Crippen LogP contribution in [0.4, 0.5) is 4.39 Å². The maximum Gasteiger partial charge on any atom is 0.310 e. The van der Waals surface area contributed by atoms with Crippen LogP contribution in [0.5, 0.6) is 5.75 Å². The molecule has 0 N–H and O–H groups in total. The van der Waals surface area contributed by atoms with Crippen LogP contribution in [0, 0.1) is 11.7 Å². The minimum atomic E-state index is -1.12. The molecule has 2 aromatic heterocycles. The third-order valence-electron chi connectivity index (χ3n) is 6.80. The van der Waals surface area contributed by atoms with Gasteiger partial charge >= 0.3 is 5.97 Å². The summed E-state index contributed by atoms with van der Waals surface area (Å²) < 4.78 is 45.8. The van der Waals surface area contributed by atoms with Crippen molar-refractivity contribution < 1.29 is 27.3 Å². The van der Waals surface area contributed by atoms with Gasteiger partial charge in [0.05, 0.1) is 18.7 Å². The fourth-order valence-corrected chi connectivity index (χ4v) is 5.73. The lowest BCUT2D eigenvalue weighted by Crippen LogP contribution is -2.25. The summed E-state index contributed by atoms with van der Waals surface area (Å²) in [7, 11) is -1.12. The fourth-order valence-electron chi connectivity index (χ4n) is 4.74. The molecule has 4 aromatic rings. The number of hydrogen-bond acceptors (Lipinski definition) is 6. The second kappa shape index (κ2) is 13.6. The molecule has 1 atom stereocenters. The summed E-state index contributed by atoms with van der Waals surface area (Å²) in [6.07, 6.45) is 2.72. The molecule has 0 aliphatic carbocycles. The van der Waals surface area contributed by atoms with Crippen LogP contribution >= 0.6 is 0 Å². The molecule has 0 unspecified atom stereocenters. The molecule has 224 valence electrons. The van der Waals surface area contributed by atoms with Crippen LogP contribution in [0.3, 0.4) is 0 Å². The van der Waals surface area contributed by atoms with Crippen molar-refractivity contribution in [2.75, 3.05) is 12.4 Å². The zero-order chi connectivity index (χ0) is 30.4. The summed E-state index contributed by atoms with van der Waals surface area (Å²) >= 11 is 0. The number of ether oxygens (including phenoxy) is 2. The average Bonchev–Trinajstić information content (AvgIpc) is 3.32. The minimum absolute atomic E-state index is 0.111. The van der Waals surface area contributed by atoms with E-state index in [-0.39, 0.29) is 35.9 Å². The number of hydrogen-bond donors (Lipinski definition) is 0.